The first kappa shape index (κ1) is 22.3. The molecule has 0 saturated heterocycles. The Morgan fingerprint density at radius 3 is 2.13 bits per heavy atom. The SMILES string of the molecule is Cc1ccc(C(F)(F)F)cc1C1(Nc2ncc(C(=O)NNC(=O)C(F)(F)F)cn2)CC1. The van der Waals surface area contributed by atoms with E-state index in [4.69, 9.17) is 0 Å². The van der Waals surface area contributed by atoms with Crippen molar-refractivity contribution in [2.24, 2.45) is 0 Å². The summed E-state index contributed by atoms with van der Waals surface area (Å²) in [5, 5.41) is 2.96. The minimum Gasteiger partial charge on any atom is -0.345 e. The van der Waals surface area contributed by atoms with Crippen LogP contribution in [0.25, 0.3) is 0 Å². The van der Waals surface area contributed by atoms with Crippen LogP contribution >= 0.6 is 0 Å². The van der Waals surface area contributed by atoms with Gasteiger partial charge in [0.25, 0.3) is 5.91 Å². The number of hydrogen-bond acceptors (Lipinski definition) is 5. The Morgan fingerprint density at radius 1 is 1.00 bits per heavy atom. The van der Waals surface area contributed by atoms with Gasteiger partial charge in [-0.05, 0) is 43.0 Å². The van der Waals surface area contributed by atoms with Crippen molar-refractivity contribution >= 4 is 17.8 Å². The summed E-state index contributed by atoms with van der Waals surface area (Å²) < 4.78 is 75.5. The van der Waals surface area contributed by atoms with Crippen molar-refractivity contribution in [2.45, 2.75) is 37.7 Å². The Kier molecular flexibility index (Phi) is 5.54. The molecule has 0 unspecified atom stereocenters. The third-order valence-electron chi connectivity index (χ3n) is 4.64. The van der Waals surface area contributed by atoms with E-state index in [2.05, 4.69) is 15.3 Å². The standard InChI is InChI=1S/C18H15F6N5O2/c1-9-2-3-11(17(19,20)21)6-12(9)16(4-5-16)27-15-25-7-10(8-26-15)13(30)28-29-14(31)18(22,23)24/h2-3,6-8H,4-5H2,1H3,(H,28,30)(H,29,31)(H,25,26,27). The molecular formula is C18H15F6N5O2. The number of hydrazine groups is 1. The van der Waals surface area contributed by atoms with Crippen molar-refractivity contribution in [2.75, 3.05) is 5.32 Å². The highest BCUT2D eigenvalue weighted by molar-refractivity contribution is 5.95. The van der Waals surface area contributed by atoms with Gasteiger partial charge in [0.2, 0.25) is 5.95 Å². The van der Waals surface area contributed by atoms with Gasteiger partial charge in [-0.2, -0.15) is 26.3 Å². The predicted molar refractivity (Wildman–Crippen MR) is 94.4 cm³/mol. The van der Waals surface area contributed by atoms with E-state index in [1.807, 2.05) is 0 Å². The number of nitrogens with zero attached hydrogens (tertiary/aromatic N) is 2. The van der Waals surface area contributed by atoms with Gasteiger partial charge < -0.3 is 5.32 Å². The number of carbonyl (C=O) groups excluding carboxylic acids is 2. The second kappa shape index (κ2) is 7.71. The number of rotatable bonds is 4. The Labute approximate surface area is 171 Å². The first-order valence-electron chi connectivity index (χ1n) is 8.78. The third-order valence-corrected chi connectivity index (χ3v) is 4.64. The van der Waals surface area contributed by atoms with Crippen LogP contribution in [0.1, 0.15) is 39.9 Å². The molecule has 1 aliphatic rings. The van der Waals surface area contributed by atoms with Crippen molar-refractivity contribution in [3.05, 3.63) is 52.8 Å². The summed E-state index contributed by atoms with van der Waals surface area (Å²) in [4.78, 5) is 30.3. The maximum atomic E-state index is 13.1. The zero-order chi connectivity index (χ0) is 23.0. The summed E-state index contributed by atoms with van der Waals surface area (Å²) in [6.45, 7) is 1.68. The van der Waals surface area contributed by atoms with Crippen LogP contribution in [0.3, 0.4) is 0 Å². The van der Waals surface area contributed by atoms with E-state index in [1.54, 1.807) is 12.3 Å². The maximum Gasteiger partial charge on any atom is 0.472 e. The van der Waals surface area contributed by atoms with Gasteiger partial charge in [0.05, 0.1) is 16.7 Å². The highest BCUT2D eigenvalue weighted by Crippen LogP contribution is 2.50. The lowest BCUT2D eigenvalue weighted by Crippen LogP contribution is -2.47. The van der Waals surface area contributed by atoms with E-state index >= 15 is 0 Å². The van der Waals surface area contributed by atoms with Crippen molar-refractivity contribution < 1.29 is 35.9 Å². The molecular weight excluding hydrogens is 432 g/mol. The third kappa shape index (κ3) is 5.03. The molecule has 2 aromatic rings. The topological polar surface area (TPSA) is 96.0 Å². The van der Waals surface area contributed by atoms with Crippen molar-refractivity contribution in [1.82, 2.24) is 20.8 Å². The zero-order valence-corrected chi connectivity index (χ0v) is 15.8. The van der Waals surface area contributed by atoms with Gasteiger partial charge in [0, 0.05) is 12.4 Å². The Morgan fingerprint density at radius 2 is 1.61 bits per heavy atom. The van der Waals surface area contributed by atoms with Crippen LogP contribution in [0.4, 0.5) is 32.3 Å². The average molecular weight is 447 g/mol. The molecule has 13 heteroatoms. The molecule has 0 atom stereocenters. The molecule has 0 bridgehead atoms. The lowest BCUT2D eigenvalue weighted by Gasteiger charge is -2.21. The van der Waals surface area contributed by atoms with E-state index in [1.165, 1.54) is 11.5 Å². The molecule has 0 spiro atoms. The van der Waals surface area contributed by atoms with Gasteiger partial charge in [-0.1, -0.05) is 6.07 Å². The average Bonchev–Trinajstić information content (AvgIpc) is 3.45. The second-order valence-electron chi connectivity index (χ2n) is 6.94. The lowest BCUT2D eigenvalue weighted by atomic mass is 9.96. The van der Waals surface area contributed by atoms with Crippen LogP contribution in [-0.2, 0) is 16.5 Å². The number of aromatic nitrogens is 2. The lowest BCUT2D eigenvalue weighted by molar-refractivity contribution is -0.174. The normalized spacial score (nSPS) is 15.2. The van der Waals surface area contributed by atoms with Crippen LogP contribution in [0.2, 0.25) is 0 Å². The van der Waals surface area contributed by atoms with Crippen molar-refractivity contribution in [3.8, 4) is 0 Å². The van der Waals surface area contributed by atoms with Gasteiger partial charge in [0.1, 0.15) is 0 Å². The number of alkyl halides is 6. The van der Waals surface area contributed by atoms with Crippen LogP contribution in [0, 0.1) is 6.92 Å². The number of hydrogen-bond donors (Lipinski definition) is 3. The van der Waals surface area contributed by atoms with Crippen LogP contribution in [0.15, 0.2) is 30.6 Å². The molecule has 1 heterocycles. The van der Waals surface area contributed by atoms with Crippen molar-refractivity contribution in [1.29, 1.82) is 0 Å². The largest absolute Gasteiger partial charge is 0.472 e. The van der Waals surface area contributed by atoms with Gasteiger partial charge in [-0.3, -0.25) is 20.4 Å². The summed E-state index contributed by atoms with van der Waals surface area (Å²) in [6, 6.07) is 3.44. The number of carbonyl (C=O) groups is 2. The molecule has 1 saturated carbocycles. The number of amides is 2. The molecule has 0 aliphatic heterocycles. The molecule has 2 amide bonds. The number of halogens is 6. The summed E-state index contributed by atoms with van der Waals surface area (Å²) in [5.41, 5.74) is 2.05. The first-order chi connectivity index (χ1) is 14.3. The van der Waals surface area contributed by atoms with Crippen molar-refractivity contribution in [3.63, 3.8) is 0 Å². The highest BCUT2D eigenvalue weighted by atomic mass is 19.4. The van der Waals surface area contributed by atoms with Gasteiger partial charge >= 0.3 is 18.3 Å². The fraction of sp³-hybridized carbons (Fsp3) is 0.333. The molecule has 1 aliphatic carbocycles. The molecule has 0 radical (unpaired) electrons. The van der Waals surface area contributed by atoms with E-state index in [-0.39, 0.29) is 11.5 Å². The number of aryl methyl sites for hydroxylation is 1. The molecule has 31 heavy (non-hydrogen) atoms. The minimum atomic E-state index is -5.17. The monoisotopic (exact) mass is 447 g/mol. The minimum absolute atomic E-state index is 0.0187. The molecule has 7 nitrogen and oxygen atoms in total. The smallest absolute Gasteiger partial charge is 0.345 e. The van der Waals surface area contributed by atoms with Crippen LogP contribution in [-0.4, -0.2) is 28.0 Å². The van der Waals surface area contributed by atoms with Crippen LogP contribution < -0.4 is 16.2 Å². The van der Waals surface area contributed by atoms with Gasteiger partial charge in [-0.25, -0.2) is 9.97 Å². The van der Waals surface area contributed by atoms with E-state index in [0.29, 0.717) is 24.0 Å². The fourth-order valence-electron chi connectivity index (χ4n) is 2.88. The second-order valence-corrected chi connectivity index (χ2v) is 6.94. The number of nitrogens with one attached hydrogen (secondary N) is 3. The molecule has 3 rings (SSSR count). The predicted octanol–water partition coefficient (Wildman–Crippen LogP) is 3.23. The molecule has 1 aromatic carbocycles. The van der Waals surface area contributed by atoms with Crippen LogP contribution in [0.5, 0.6) is 0 Å². The Balaban J connectivity index is 1.70. The molecule has 1 aromatic heterocycles. The van der Waals surface area contributed by atoms with E-state index in [0.717, 1.165) is 24.5 Å². The first-order valence-corrected chi connectivity index (χ1v) is 8.78. The van der Waals surface area contributed by atoms with Gasteiger partial charge in [-0.15, -0.1) is 0 Å². The molecule has 3 N–H and O–H groups in total. The van der Waals surface area contributed by atoms with Gasteiger partial charge in [0.15, 0.2) is 0 Å². The molecule has 1 fully saturated rings. The quantitative estimate of drug-likeness (QED) is 0.494. The van der Waals surface area contributed by atoms with E-state index in [9.17, 15) is 35.9 Å². The summed E-state index contributed by atoms with van der Waals surface area (Å²) in [7, 11) is 0. The maximum absolute atomic E-state index is 13.1. The number of anilines is 1. The number of benzene rings is 1. The zero-order valence-electron chi connectivity index (χ0n) is 15.8. The highest BCUT2D eigenvalue weighted by Gasteiger charge is 2.47. The summed E-state index contributed by atoms with van der Waals surface area (Å²) in [5.74, 6) is -3.42. The Hall–Kier alpha value is -3.38. The summed E-state index contributed by atoms with van der Waals surface area (Å²) in [6.07, 6.45) is -6.60. The van der Waals surface area contributed by atoms with E-state index < -0.39 is 35.3 Å². The summed E-state index contributed by atoms with van der Waals surface area (Å²) >= 11 is 0. The molecule has 166 valence electrons. The Bertz CT molecular complexity index is 1000. The fourth-order valence-corrected chi connectivity index (χ4v) is 2.88.